The van der Waals surface area contributed by atoms with E-state index < -0.39 is 0 Å². The largest absolute Gasteiger partial charge is 0.454 e. The van der Waals surface area contributed by atoms with Gasteiger partial charge in [-0.2, -0.15) is 0 Å². The minimum Gasteiger partial charge on any atom is -0.454 e. The summed E-state index contributed by atoms with van der Waals surface area (Å²) in [4.78, 5) is 7.99. The van der Waals surface area contributed by atoms with Gasteiger partial charge in [0.25, 0.3) is 0 Å². The van der Waals surface area contributed by atoms with Crippen molar-refractivity contribution in [1.29, 1.82) is 0 Å². The van der Waals surface area contributed by atoms with Gasteiger partial charge in [-0.25, -0.2) is 9.97 Å². The fraction of sp³-hybridized carbons (Fsp3) is 0.0769. The molecule has 84 valence electrons. The van der Waals surface area contributed by atoms with Crippen molar-refractivity contribution in [2.24, 2.45) is 0 Å². The lowest BCUT2D eigenvalue weighted by atomic mass is 10.2. The molecular formula is C13H11N3O. The molecule has 0 spiro atoms. The fourth-order valence-electron chi connectivity index (χ4n) is 1.80. The van der Waals surface area contributed by atoms with Gasteiger partial charge in [-0.1, -0.05) is 11.6 Å². The predicted molar refractivity (Wildman–Crippen MR) is 66.4 cm³/mol. The van der Waals surface area contributed by atoms with E-state index in [4.69, 9.17) is 10.2 Å². The van der Waals surface area contributed by atoms with Gasteiger partial charge in [0.2, 0.25) is 5.95 Å². The highest BCUT2D eigenvalue weighted by Gasteiger charge is 2.07. The summed E-state index contributed by atoms with van der Waals surface area (Å²) in [5.41, 5.74) is 8.30. The average molecular weight is 225 g/mol. The standard InChI is InChI=1S/C13H11N3O/c1-8-2-3-11-9(6-8)7-12(17-11)10-4-5-15-13(14)16-10/h2-7H,1H3,(H2,14,15,16). The van der Waals surface area contributed by atoms with Crippen molar-refractivity contribution in [2.75, 3.05) is 5.73 Å². The number of anilines is 1. The first-order valence-electron chi connectivity index (χ1n) is 5.31. The molecular weight excluding hydrogens is 214 g/mol. The number of aryl methyl sites for hydroxylation is 1. The molecule has 0 bridgehead atoms. The van der Waals surface area contributed by atoms with Gasteiger partial charge in [0, 0.05) is 11.6 Å². The van der Waals surface area contributed by atoms with E-state index >= 15 is 0 Å². The van der Waals surface area contributed by atoms with E-state index in [0.29, 0.717) is 11.5 Å². The summed E-state index contributed by atoms with van der Waals surface area (Å²) in [5.74, 6) is 0.957. The highest BCUT2D eigenvalue weighted by atomic mass is 16.3. The van der Waals surface area contributed by atoms with Gasteiger partial charge in [-0.05, 0) is 31.2 Å². The summed E-state index contributed by atoms with van der Waals surface area (Å²) in [5, 5.41) is 1.07. The van der Waals surface area contributed by atoms with Gasteiger partial charge in [0.05, 0.1) is 0 Å². The molecule has 0 saturated carbocycles. The summed E-state index contributed by atoms with van der Waals surface area (Å²) in [7, 11) is 0. The monoisotopic (exact) mass is 225 g/mol. The fourth-order valence-corrected chi connectivity index (χ4v) is 1.80. The maximum atomic E-state index is 5.72. The minimum absolute atomic E-state index is 0.249. The molecule has 4 nitrogen and oxygen atoms in total. The van der Waals surface area contributed by atoms with E-state index in [0.717, 1.165) is 11.0 Å². The van der Waals surface area contributed by atoms with Crippen LogP contribution in [0.15, 0.2) is 40.9 Å². The maximum absolute atomic E-state index is 5.72. The smallest absolute Gasteiger partial charge is 0.220 e. The van der Waals surface area contributed by atoms with E-state index in [2.05, 4.69) is 23.0 Å². The molecule has 0 amide bonds. The van der Waals surface area contributed by atoms with E-state index in [9.17, 15) is 0 Å². The average Bonchev–Trinajstić information content (AvgIpc) is 2.72. The number of nitrogens with two attached hydrogens (primary N) is 1. The van der Waals surface area contributed by atoms with Crippen LogP contribution < -0.4 is 5.73 Å². The Hall–Kier alpha value is -2.36. The molecule has 0 atom stereocenters. The lowest BCUT2D eigenvalue weighted by molar-refractivity contribution is 0.628. The molecule has 0 aliphatic carbocycles. The van der Waals surface area contributed by atoms with Gasteiger partial charge in [0.15, 0.2) is 5.76 Å². The van der Waals surface area contributed by atoms with Crippen LogP contribution in [0.4, 0.5) is 5.95 Å². The van der Waals surface area contributed by atoms with E-state index in [1.54, 1.807) is 12.3 Å². The summed E-state index contributed by atoms with van der Waals surface area (Å²) >= 11 is 0. The summed E-state index contributed by atoms with van der Waals surface area (Å²) in [6.45, 7) is 2.05. The van der Waals surface area contributed by atoms with Crippen molar-refractivity contribution in [3.63, 3.8) is 0 Å². The van der Waals surface area contributed by atoms with Crippen molar-refractivity contribution < 1.29 is 4.42 Å². The van der Waals surface area contributed by atoms with Gasteiger partial charge >= 0.3 is 0 Å². The number of fused-ring (bicyclic) bond motifs is 1. The van der Waals surface area contributed by atoms with Crippen LogP contribution in [0.1, 0.15) is 5.56 Å². The van der Waals surface area contributed by atoms with Gasteiger partial charge in [-0.15, -0.1) is 0 Å². The third kappa shape index (κ3) is 1.73. The Morgan fingerprint density at radius 1 is 1.18 bits per heavy atom. The van der Waals surface area contributed by atoms with Crippen LogP contribution >= 0.6 is 0 Å². The molecule has 2 N–H and O–H groups in total. The molecule has 4 heteroatoms. The van der Waals surface area contributed by atoms with Crippen molar-refractivity contribution in [2.45, 2.75) is 6.92 Å². The summed E-state index contributed by atoms with van der Waals surface area (Å²) < 4.78 is 5.72. The zero-order valence-corrected chi connectivity index (χ0v) is 9.34. The second kappa shape index (κ2) is 3.59. The number of nitrogen functional groups attached to an aromatic ring is 1. The molecule has 2 aromatic heterocycles. The van der Waals surface area contributed by atoms with Crippen LogP contribution in [-0.2, 0) is 0 Å². The Morgan fingerprint density at radius 2 is 2.06 bits per heavy atom. The van der Waals surface area contributed by atoms with Gasteiger partial charge in [0.1, 0.15) is 11.3 Å². The number of aromatic nitrogens is 2. The molecule has 0 unspecified atom stereocenters. The molecule has 2 heterocycles. The van der Waals surface area contributed by atoms with Crippen molar-refractivity contribution in [3.8, 4) is 11.5 Å². The first-order valence-corrected chi connectivity index (χ1v) is 5.31. The number of benzene rings is 1. The SMILES string of the molecule is Cc1ccc2oc(-c3ccnc(N)n3)cc2c1. The van der Waals surface area contributed by atoms with Crippen molar-refractivity contribution >= 4 is 16.9 Å². The molecule has 0 fully saturated rings. The number of rotatable bonds is 1. The van der Waals surface area contributed by atoms with E-state index in [-0.39, 0.29) is 5.95 Å². The van der Waals surface area contributed by atoms with Crippen LogP contribution in [0.25, 0.3) is 22.4 Å². The number of hydrogen-bond acceptors (Lipinski definition) is 4. The third-order valence-electron chi connectivity index (χ3n) is 2.60. The maximum Gasteiger partial charge on any atom is 0.220 e. The summed E-state index contributed by atoms with van der Waals surface area (Å²) in [6.07, 6.45) is 1.62. The molecule has 0 radical (unpaired) electrons. The highest BCUT2D eigenvalue weighted by Crippen LogP contribution is 2.27. The Kier molecular flexibility index (Phi) is 2.08. The quantitative estimate of drug-likeness (QED) is 0.691. The van der Waals surface area contributed by atoms with Crippen LogP contribution in [0.3, 0.4) is 0 Å². The highest BCUT2D eigenvalue weighted by molar-refractivity contribution is 5.82. The zero-order valence-electron chi connectivity index (χ0n) is 9.34. The van der Waals surface area contributed by atoms with E-state index in [1.807, 2.05) is 18.2 Å². The van der Waals surface area contributed by atoms with Gasteiger partial charge < -0.3 is 10.2 Å². The minimum atomic E-state index is 0.249. The van der Waals surface area contributed by atoms with E-state index in [1.165, 1.54) is 5.56 Å². The molecule has 0 aliphatic rings. The Balaban J connectivity index is 2.18. The second-order valence-corrected chi connectivity index (χ2v) is 3.95. The first kappa shape index (κ1) is 9.84. The normalized spacial score (nSPS) is 10.9. The predicted octanol–water partition coefficient (Wildman–Crippen LogP) is 2.78. The molecule has 1 aromatic carbocycles. The van der Waals surface area contributed by atoms with Crippen LogP contribution in [0, 0.1) is 6.92 Å². The molecule has 3 rings (SSSR count). The number of nitrogens with zero attached hydrogens (tertiary/aromatic N) is 2. The lowest BCUT2D eigenvalue weighted by Gasteiger charge is -1.95. The molecule has 3 aromatic rings. The second-order valence-electron chi connectivity index (χ2n) is 3.95. The van der Waals surface area contributed by atoms with Crippen molar-refractivity contribution in [1.82, 2.24) is 9.97 Å². The first-order chi connectivity index (χ1) is 8.22. The zero-order chi connectivity index (χ0) is 11.8. The topological polar surface area (TPSA) is 64.9 Å². The number of hydrogen-bond donors (Lipinski definition) is 1. The molecule has 0 aliphatic heterocycles. The van der Waals surface area contributed by atoms with Crippen molar-refractivity contribution in [3.05, 3.63) is 42.1 Å². The van der Waals surface area contributed by atoms with Crippen LogP contribution in [-0.4, -0.2) is 9.97 Å². The Morgan fingerprint density at radius 3 is 2.88 bits per heavy atom. The Bertz CT molecular complexity index is 688. The van der Waals surface area contributed by atoms with Crippen LogP contribution in [0.5, 0.6) is 0 Å². The third-order valence-corrected chi connectivity index (χ3v) is 2.60. The molecule has 17 heavy (non-hydrogen) atoms. The van der Waals surface area contributed by atoms with Crippen LogP contribution in [0.2, 0.25) is 0 Å². The molecule has 0 saturated heterocycles. The summed E-state index contributed by atoms with van der Waals surface area (Å²) in [6, 6.07) is 9.79. The van der Waals surface area contributed by atoms with Gasteiger partial charge in [-0.3, -0.25) is 0 Å². The lowest BCUT2D eigenvalue weighted by Crippen LogP contribution is -1.94. The Labute approximate surface area is 98.1 Å². The number of furan rings is 1.